The van der Waals surface area contributed by atoms with Gasteiger partial charge in [-0.1, -0.05) is 19.1 Å². The lowest BCUT2D eigenvalue weighted by atomic mass is 10.1. The summed E-state index contributed by atoms with van der Waals surface area (Å²) in [5.74, 6) is 0. The van der Waals surface area contributed by atoms with Crippen molar-refractivity contribution in [2.24, 2.45) is 0 Å². The van der Waals surface area contributed by atoms with Crippen molar-refractivity contribution in [3.8, 4) is 11.3 Å². The molecule has 0 amide bonds. The van der Waals surface area contributed by atoms with Gasteiger partial charge >= 0.3 is 0 Å². The van der Waals surface area contributed by atoms with E-state index < -0.39 is 10.0 Å². The summed E-state index contributed by atoms with van der Waals surface area (Å²) in [6, 6.07) is 8.11. The first-order valence-electron chi connectivity index (χ1n) is 8.30. The number of hydrogen-bond donors (Lipinski definition) is 2. The number of nitrogens with one attached hydrogen (secondary N) is 2. The van der Waals surface area contributed by atoms with Crippen molar-refractivity contribution >= 4 is 10.0 Å². The van der Waals surface area contributed by atoms with Crippen LogP contribution in [0.1, 0.15) is 25.3 Å². The Balaban J connectivity index is 1.91. The molecular formula is C17H21N3O4S. The van der Waals surface area contributed by atoms with Crippen LogP contribution in [-0.4, -0.2) is 37.9 Å². The first-order valence-corrected chi connectivity index (χ1v) is 9.78. The molecule has 0 unspecified atom stereocenters. The average Bonchev–Trinajstić information content (AvgIpc) is 3.14. The Kier molecular flexibility index (Phi) is 5.31. The molecule has 1 saturated heterocycles. The second-order valence-corrected chi connectivity index (χ2v) is 7.70. The van der Waals surface area contributed by atoms with Gasteiger partial charge in [0, 0.05) is 24.8 Å². The maximum atomic E-state index is 12.8. The molecule has 134 valence electrons. The minimum Gasteiger partial charge on any atom is -0.377 e. The van der Waals surface area contributed by atoms with E-state index in [0.29, 0.717) is 24.3 Å². The molecule has 7 nitrogen and oxygen atoms in total. The van der Waals surface area contributed by atoms with Crippen LogP contribution in [0.25, 0.3) is 11.3 Å². The predicted octanol–water partition coefficient (Wildman–Crippen LogP) is 1.46. The van der Waals surface area contributed by atoms with Gasteiger partial charge in [-0.3, -0.25) is 4.79 Å². The molecule has 1 atom stereocenters. The summed E-state index contributed by atoms with van der Waals surface area (Å²) in [6.07, 6.45) is 2.35. The molecule has 0 aliphatic carbocycles. The van der Waals surface area contributed by atoms with E-state index in [0.717, 1.165) is 18.4 Å². The number of benzene rings is 1. The molecule has 0 radical (unpaired) electrons. The van der Waals surface area contributed by atoms with Crippen LogP contribution in [0.4, 0.5) is 0 Å². The number of aromatic amines is 1. The van der Waals surface area contributed by atoms with Crippen molar-refractivity contribution in [2.75, 3.05) is 13.2 Å². The molecule has 2 aromatic rings. The number of aromatic nitrogens is 2. The molecule has 0 spiro atoms. The second-order valence-electron chi connectivity index (χ2n) is 5.97. The van der Waals surface area contributed by atoms with Crippen LogP contribution in [0.5, 0.6) is 0 Å². The standard InChI is InChI=1S/C17H21N3O4S/c1-2-12-5-6-13(15-7-8-17(21)20-19-15)10-16(12)25(22,23)18-11-14-4-3-9-24-14/h5-8,10,14,18H,2-4,9,11H2,1H3,(H,20,21)/t14-/m0/s1. The van der Waals surface area contributed by atoms with E-state index in [1.807, 2.05) is 6.92 Å². The minimum atomic E-state index is -3.66. The summed E-state index contributed by atoms with van der Waals surface area (Å²) in [5, 5.41) is 6.32. The first-order chi connectivity index (χ1) is 12.0. The third-order valence-electron chi connectivity index (χ3n) is 4.24. The first kappa shape index (κ1) is 17.8. The Hall–Kier alpha value is -2.03. The Bertz CT molecular complexity index is 882. The van der Waals surface area contributed by atoms with Gasteiger partial charge in [0.05, 0.1) is 16.7 Å². The van der Waals surface area contributed by atoms with Gasteiger partial charge in [-0.15, -0.1) is 0 Å². The zero-order chi connectivity index (χ0) is 17.9. The number of rotatable bonds is 6. The molecule has 3 rings (SSSR count). The number of sulfonamides is 1. The van der Waals surface area contributed by atoms with E-state index in [-0.39, 0.29) is 23.1 Å². The fourth-order valence-electron chi connectivity index (χ4n) is 2.85. The Morgan fingerprint density at radius 1 is 1.32 bits per heavy atom. The van der Waals surface area contributed by atoms with Gasteiger partial charge in [-0.05, 0) is 37.0 Å². The third-order valence-corrected chi connectivity index (χ3v) is 5.74. The number of aryl methyl sites for hydroxylation is 1. The van der Waals surface area contributed by atoms with Crippen LogP contribution in [0.15, 0.2) is 40.0 Å². The van der Waals surface area contributed by atoms with Gasteiger partial charge in [0.1, 0.15) is 0 Å². The Morgan fingerprint density at radius 3 is 2.80 bits per heavy atom. The maximum Gasteiger partial charge on any atom is 0.264 e. The average molecular weight is 363 g/mol. The summed E-state index contributed by atoms with van der Waals surface area (Å²) < 4.78 is 33.6. The molecule has 1 aromatic heterocycles. The van der Waals surface area contributed by atoms with E-state index in [4.69, 9.17) is 4.74 Å². The topological polar surface area (TPSA) is 101 Å². The number of hydrogen-bond acceptors (Lipinski definition) is 5. The predicted molar refractivity (Wildman–Crippen MR) is 93.8 cm³/mol. The summed E-state index contributed by atoms with van der Waals surface area (Å²) in [5.41, 5.74) is 1.57. The van der Waals surface area contributed by atoms with E-state index in [1.54, 1.807) is 24.3 Å². The largest absolute Gasteiger partial charge is 0.377 e. The van der Waals surface area contributed by atoms with E-state index in [1.165, 1.54) is 6.07 Å². The van der Waals surface area contributed by atoms with E-state index >= 15 is 0 Å². The van der Waals surface area contributed by atoms with E-state index in [9.17, 15) is 13.2 Å². The molecular weight excluding hydrogens is 342 g/mol. The van der Waals surface area contributed by atoms with Gasteiger partial charge in [0.25, 0.3) is 5.56 Å². The molecule has 0 saturated carbocycles. The highest BCUT2D eigenvalue weighted by Crippen LogP contribution is 2.24. The molecule has 8 heteroatoms. The maximum absolute atomic E-state index is 12.8. The highest BCUT2D eigenvalue weighted by molar-refractivity contribution is 7.89. The molecule has 0 bridgehead atoms. The Morgan fingerprint density at radius 2 is 2.16 bits per heavy atom. The van der Waals surface area contributed by atoms with Crippen molar-refractivity contribution in [1.29, 1.82) is 0 Å². The van der Waals surface area contributed by atoms with Crippen LogP contribution in [0.3, 0.4) is 0 Å². The van der Waals surface area contributed by atoms with Crippen LogP contribution in [0, 0.1) is 0 Å². The lowest BCUT2D eigenvalue weighted by molar-refractivity contribution is 0.114. The van der Waals surface area contributed by atoms with Crippen molar-refractivity contribution < 1.29 is 13.2 Å². The molecule has 2 heterocycles. The minimum absolute atomic E-state index is 0.0658. The highest BCUT2D eigenvalue weighted by Gasteiger charge is 2.22. The van der Waals surface area contributed by atoms with Gasteiger partial charge < -0.3 is 4.74 Å². The number of ether oxygens (including phenoxy) is 1. The molecule has 1 fully saturated rings. The van der Waals surface area contributed by atoms with Crippen molar-refractivity contribution in [3.63, 3.8) is 0 Å². The van der Waals surface area contributed by atoms with Crippen molar-refractivity contribution in [3.05, 3.63) is 46.2 Å². The second kappa shape index (κ2) is 7.47. The third kappa shape index (κ3) is 4.15. The lowest BCUT2D eigenvalue weighted by Crippen LogP contribution is -2.32. The van der Waals surface area contributed by atoms with Crippen molar-refractivity contribution in [2.45, 2.75) is 37.2 Å². The molecule has 2 N–H and O–H groups in total. The summed E-state index contributed by atoms with van der Waals surface area (Å²) >= 11 is 0. The molecule has 1 aliphatic heterocycles. The molecule has 1 aromatic carbocycles. The molecule has 25 heavy (non-hydrogen) atoms. The SMILES string of the molecule is CCc1ccc(-c2ccc(=O)[nH]n2)cc1S(=O)(=O)NC[C@@H]1CCCO1. The molecule has 1 aliphatic rings. The number of nitrogens with zero attached hydrogens (tertiary/aromatic N) is 1. The highest BCUT2D eigenvalue weighted by atomic mass is 32.2. The van der Waals surface area contributed by atoms with E-state index in [2.05, 4.69) is 14.9 Å². The quantitative estimate of drug-likeness (QED) is 0.809. The summed E-state index contributed by atoms with van der Waals surface area (Å²) in [7, 11) is -3.66. The fraction of sp³-hybridized carbons (Fsp3) is 0.412. The zero-order valence-electron chi connectivity index (χ0n) is 14.0. The zero-order valence-corrected chi connectivity index (χ0v) is 14.8. The van der Waals surface area contributed by atoms with Crippen LogP contribution in [0.2, 0.25) is 0 Å². The van der Waals surface area contributed by atoms with Gasteiger partial charge in [0.15, 0.2) is 0 Å². The smallest absolute Gasteiger partial charge is 0.264 e. The van der Waals surface area contributed by atoms with Crippen molar-refractivity contribution in [1.82, 2.24) is 14.9 Å². The van der Waals surface area contributed by atoms with Crippen LogP contribution >= 0.6 is 0 Å². The summed E-state index contributed by atoms with van der Waals surface area (Å²) in [6.45, 7) is 2.86. The van der Waals surface area contributed by atoms with Crippen LogP contribution in [-0.2, 0) is 21.2 Å². The van der Waals surface area contributed by atoms with Crippen LogP contribution < -0.4 is 10.3 Å². The fourth-order valence-corrected chi connectivity index (χ4v) is 4.25. The summed E-state index contributed by atoms with van der Waals surface area (Å²) in [4.78, 5) is 11.4. The van der Waals surface area contributed by atoms with Gasteiger partial charge in [-0.25, -0.2) is 18.2 Å². The Labute approximate surface area is 146 Å². The number of H-pyrrole nitrogens is 1. The van der Waals surface area contributed by atoms with Gasteiger partial charge in [-0.2, -0.15) is 5.10 Å². The monoisotopic (exact) mass is 363 g/mol. The normalized spacial score (nSPS) is 17.7. The lowest BCUT2D eigenvalue weighted by Gasteiger charge is -2.14. The van der Waals surface area contributed by atoms with Gasteiger partial charge in [0.2, 0.25) is 10.0 Å².